The summed E-state index contributed by atoms with van der Waals surface area (Å²) < 4.78 is 59.4. The lowest BCUT2D eigenvalue weighted by Gasteiger charge is -2.19. The first-order valence-electron chi connectivity index (χ1n) is 13.9. The zero-order valence-corrected chi connectivity index (χ0v) is 28.0. The van der Waals surface area contributed by atoms with Gasteiger partial charge in [-0.1, -0.05) is 0 Å². The van der Waals surface area contributed by atoms with Crippen LogP contribution in [0.5, 0.6) is 0 Å². The van der Waals surface area contributed by atoms with E-state index in [1.165, 1.54) is 0 Å². The molecule has 0 aliphatic heterocycles. The van der Waals surface area contributed by atoms with Gasteiger partial charge in [0, 0.05) is 0 Å². The Morgan fingerprint density at radius 3 is 0.800 bits per heavy atom. The molecule has 0 saturated heterocycles. The molecule has 15 nitrogen and oxygen atoms in total. The standard InChI is InChI=1S/C26H42Cl4O15/c27-23(31)17-40-5-1-36-13-21(14-37-2-6-41-18-24(28)32)44-11-9-35-10-12-45-22(15-38-3-7-42-19-25(29)33)16-39-4-8-43-20-26(30)34/h21-22H,1-20H2. The highest BCUT2D eigenvalue weighted by Crippen LogP contribution is 2.00. The van der Waals surface area contributed by atoms with E-state index in [0.29, 0.717) is 0 Å². The van der Waals surface area contributed by atoms with Crippen LogP contribution < -0.4 is 0 Å². The summed E-state index contributed by atoms with van der Waals surface area (Å²) in [6.07, 6.45) is -0.878. The Hall–Kier alpha value is -0.600. The normalized spacial score (nSPS) is 11.5. The maximum absolute atomic E-state index is 10.7. The third-order valence-electron chi connectivity index (χ3n) is 4.73. The molecule has 45 heavy (non-hydrogen) atoms. The Labute approximate surface area is 282 Å². The topological polar surface area (TPSA) is 170 Å². The molecule has 0 aromatic rings. The smallest absolute Gasteiger partial charge is 0.247 e. The van der Waals surface area contributed by atoms with Crippen LogP contribution in [0.2, 0.25) is 0 Å². The molecule has 19 heteroatoms. The fourth-order valence-electron chi connectivity index (χ4n) is 2.88. The van der Waals surface area contributed by atoms with E-state index in [1.54, 1.807) is 0 Å². The summed E-state index contributed by atoms with van der Waals surface area (Å²) in [7, 11) is 0. The molecule has 0 aromatic heterocycles. The molecule has 0 radical (unpaired) electrons. The van der Waals surface area contributed by atoms with Gasteiger partial charge in [-0.25, -0.2) is 0 Å². The monoisotopic (exact) mass is 734 g/mol. The van der Waals surface area contributed by atoms with Gasteiger partial charge in [-0.3, -0.25) is 19.2 Å². The first kappa shape index (κ1) is 44.4. The van der Waals surface area contributed by atoms with Crippen molar-refractivity contribution >= 4 is 67.4 Å². The van der Waals surface area contributed by atoms with Gasteiger partial charge in [0.15, 0.2) is 0 Å². The Bertz CT molecular complexity index is 654. The minimum absolute atomic E-state index is 0.179. The number of carbonyl (C=O) groups is 4. The number of hydrogen-bond donors (Lipinski definition) is 0. The molecule has 0 saturated carbocycles. The fourth-order valence-corrected chi connectivity index (χ4v) is 3.19. The van der Waals surface area contributed by atoms with E-state index in [2.05, 4.69) is 0 Å². The zero-order valence-electron chi connectivity index (χ0n) is 24.9. The van der Waals surface area contributed by atoms with Crippen molar-refractivity contribution in [1.82, 2.24) is 0 Å². The van der Waals surface area contributed by atoms with Crippen LogP contribution in [0.1, 0.15) is 0 Å². The average molecular weight is 736 g/mol. The van der Waals surface area contributed by atoms with Crippen LogP contribution in [-0.2, 0) is 71.3 Å². The van der Waals surface area contributed by atoms with Crippen LogP contribution in [0.3, 0.4) is 0 Å². The van der Waals surface area contributed by atoms with E-state index in [9.17, 15) is 19.2 Å². The number of carbonyl (C=O) groups excluding carboxylic acids is 4. The highest BCUT2D eigenvalue weighted by Gasteiger charge is 2.13. The van der Waals surface area contributed by atoms with Crippen molar-refractivity contribution in [3.8, 4) is 0 Å². The molecule has 0 heterocycles. The second-order valence-electron chi connectivity index (χ2n) is 8.53. The van der Waals surface area contributed by atoms with Crippen LogP contribution in [0.25, 0.3) is 0 Å². The van der Waals surface area contributed by atoms with Gasteiger partial charge in [0.1, 0.15) is 38.6 Å². The zero-order chi connectivity index (χ0) is 33.4. The molecule has 0 N–H and O–H groups in total. The maximum atomic E-state index is 10.7. The molecular formula is C26H42Cl4O15. The van der Waals surface area contributed by atoms with Crippen molar-refractivity contribution in [3.63, 3.8) is 0 Å². The summed E-state index contributed by atoms with van der Waals surface area (Å²) in [5.41, 5.74) is 0. The highest BCUT2D eigenvalue weighted by molar-refractivity contribution is 6.64. The van der Waals surface area contributed by atoms with Gasteiger partial charge < -0.3 is 52.1 Å². The second-order valence-corrected chi connectivity index (χ2v) is 10.2. The van der Waals surface area contributed by atoms with Gasteiger partial charge in [0.2, 0.25) is 21.0 Å². The third kappa shape index (κ3) is 36.1. The van der Waals surface area contributed by atoms with Crippen LogP contribution in [0.15, 0.2) is 0 Å². The molecule has 0 fully saturated rings. The Morgan fingerprint density at radius 2 is 0.556 bits per heavy atom. The van der Waals surface area contributed by atoms with Gasteiger partial charge in [-0.05, 0) is 46.4 Å². The van der Waals surface area contributed by atoms with Gasteiger partial charge in [0.05, 0.1) is 106 Å². The first-order valence-corrected chi connectivity index (χ1v) is 15.4. The Morgan fingerprint density at radius 1 is 0.333 bits per heavy atom. The van der Waals surface area contributed by atoms with Crippen LogP contribution in [0, 0.1) is 0 Å². The van der Waals surface area contributed by atoms with Crippen LogP contribution in [0.4, 0.5) is 0 Å². The molecule has 264 valence electrons. The predicted octanol–water partition coefficient (Wildman–Crippen LogP) is 0.968. The molecule has 0 aliphatic rings. The summed E-state index contributed by atoms with van der Waals surface area (Å²) >= 11 is 20.9. The summed E-state index contributed by atoms with van der Waals surface area (Å²) in [6.45, 7) is 2.47. The lowest BCUT2D eigenvalue weighted by Crippen LogP contribution is -2.30. The van der Waals surface area contributed by atoms with Crippen LogP contribution >= 0.6 is 46.4 Å². The maximum Gasteiger partial charge on any atom is 0.247 e. The van der Waals surface area contributed by atoms with Gasteiger partial charge in [-0.2, -0.15) is 0 Å². The number of ether oxygens (including phenoxy) is 11. The largest absolute Gasteiger partial charge is 0.377 e. The molecule has 0 unspecified atom stereocenters. The molecule has 0 aromatic carbocycles. The minimum atomic E-state index is -0.600. The van der Waals surface area contributed by atoms with Gasteiger partial charge in [-0.15, -0.1) is 0 Å². The molecule has 0 atom stereocenters. The molecular weight excluding hydrogens is 694 g/mol. The highest BCUT2D eigenvalue weighted by atomic mass is 35.5. The van der Waals surface area contributed by atoms with Crippen molar-refractivity contribution in [2.75, 3.05) is 132 Å². The number of hydrogen-bond acceptors (Lipinski definition) is 15. The summed E-state index contributed by atoms with van der Waals surface area (Å²) in [5, 5.41) is -2.40. The van der Waals surface area contributed by atoms with Crippen LogP contribution in [-0.4, -0.2) is 165 Å². The Kier molecular flexibility index (Phi) is 32.9. The predicted molar refractivity (Wildman–Crippen MR) is 160 cm³/mol. The van der Waals surface area contributed by atoms with E-state index in [4.69, 9.17) is 98.5 Å². The second kappa shape index (κ2) is 33.3. The lowest BCUT2D eigenvalue weighted by molar-refractivity contribution is -0.118. The van der Waals surface area contributed by atoms with Gasteiger partial charge >= 0.3 is 0 Å². The van der Waals surface area contributed by atoms with Crippen molar-refractivity contribution in [3.05, 3.63) is 0 Å². The first-order chi connectivity index (χ1) is 21.7. The summed E-state index contributed by atoms with van der Waals surface area (Å²) in [4.78, 5) is 42.8. The number of halogens is 4. The van der Waals surface area contributed by atoms with E-state index >= 15 is 0 Å². The molecule has 0 amide bonds. The van der Waals surface area contributed by atoms with Gasteiger partial charge in [0.25, 0.3) is 0 Å². The van der Waals surface area contributed by atoms with Crippen molar-refractivity contribution < 1.29 is 71.3 Å². The lowest BCUT2D eigenvalue weighted by atomic mass is 10.4. The SMILES string of the molecule is O=C(Cl)COCCOCC(COCCOCC(=O)Cl)OCCOCCOC(COCCOCC(=O)Cl)COCCOCC(=O)Cl. The minimum Gasteiger partial charge on any atom is -0.377 e. The Balaban J connectivity index is 4.34. The summed E-state index contributed by atoms with van der Waals surface area (Å²) in [5.74, 6) is 0. The van der Waals surface area contributed by atoms with E-state index < -0.39 is 33.2 Å². The molecule has 0 aliphatic carbocycles. The molecule has 0 rings (SSSR count). The van der Waals surface area contributed by atoms with E-state index in [0.717, 1.165) is 0 Å². The summed E-state index contributed by atoms with van der Waals surface area (Å²) in [6, 6.07) is 0. The fraction of sp³-hybridized carbons (Fsp3) is 0.846. The van der Waals surface area contributed by atoms with Crippen molar-refractivity contribution in [1.29, 1.82) is 0 Å². The molecule has 0 spiro atoms. The van der Waals surface area contributed by atoms with Crippen molar-refractivity contribution in [2.24, 2.45) is 0 Å². The quantitative estimate of drug-likeness (QED) is 0.0658. The van der Waals surface area contributed by atoms with Crippen molar-refractivity contribution in [2.45, 2.75) is 12.2 Å². The third-order valence-corrected chi connectivity index (χ3v) is 5.16. The van der Waals surface area contributed by atoms with E-state index in [-0.39, 0.29) is 132 Å². The number of rotatable bonds is 36. The molecule has 0 bridgehead atoms. The van der Waals surface area contributed by atoms with E-state index in [1.807, 2.05) is 0 Å². The average Bonchev–Trinajstić information content (AvgIpc) is 2.97.